The third-order valence-electron chi connectivity index (χ3n) is 2.51. The Kier molecular flexibility index (Phi) is 4.82. The molecule has 0 fully saturated rings. The van der Waals surface area contributed by atoms with Gasteiger partial charge in [-0.25, -0.2) is 0 Å². The SMILES string of the molecule is CC[NH+](CC)CCCn1cnnc1[S-]. The number of hydrogen-bond acceptors (Lipinski definition) is 3. The molecule has 0 unspecified atom stereocenters. The van der Waals surface area contributed by atoms with Gasteiger partial charge in [-0.15, -0.1) is 5.10 Å². The van der Waals surface area contributed by atoms with Crippen LogP contribution in [0.15, 0.2) is 11.5 Å². The Morgan fingerprint density at radius 3 is 2.64 bits per heavy atom. The van der Waals surface area contributed by atoms with Crippen LogP contribution in [-0.2, 0) is 19.2 Å². The average Bonchev–Trinajstić information content (AvgIpc) is 2.59. The summed E-state index contributed by atoms with van der Waals surface area (Å²) < 4.78 is 1.93. The number of aryl methyl sites for hydroxylation is 1. The van der Waals surface area contributed by atoms with Crippen molar-refractivity contribution in [3.63, 3.8) is 0 Å². The molecule has 0 radical (unpaired) electrons. The highest BCUT2D eigenvalue weighted by molar-refractivity contribution is 7.58. The van der Waals surface area contributed by atoms with E-state index >= 15 is 0 Å². The summed E-state index contributed by atoms with van der Waals surface area (Å²) in [5, 5.41) is 8.13. The Morgan fingerprint density at radius 1 is 1.43 bits per heavy atom. The first kappa shape index (κ1) is 11.4. The van der Waals surface area contributed by atoms with Crippen molar-refractivity contribution in [2.24, 2.45) is 0 Å². The molecule has 0 atom stereocenters. The van der Waals surface area contributed by atoms with Crippen molar-refractivity contribution in [2.45, 2.75) is 32.0 Å². The highest BCUT2D eigenvalue weighted by atomic mass is 32.1. The first-order valence-electron chi connectivity index (χ1n) is 5.16. The van der Waals surface area contributed by atoms with E-state index in [2.05, 4.69) is 24.0 Å². The lowest BCUT2D eigenvalue weighted by molar-refractivity contribution is -0.896. The van der Waals surface area contributed by atoms with Crippen LogP contribution in [0.1, 0.15) is 20.3 Å². The monoisotopic (exact) mass is 214 g/mol. The predicted molar refractivity (Wildman–Crippen MR) is 57.2 cm³/mol. The molecule has 0 aliphatic heterocycles. The fourth-order valence-corrected chi connectivity index (χ4v) is 1.69. The van der Waals surface area contributed by atoms with Crippen LogP contribution in [0.4, 0.5) is 0 Å². The molecule has 0 aliphatic rings. The van der Waals surface area contributed by atoms with E-state index in [-0.39, 0.29) is 0 Å². The summed E-state index contributed by atoms with van der Waals surface area (Å²) in [7, 11) is 0. The predicted octanol–water partition coefficient (Wildman–Crippen LogP) is -0.501. The minimum Gasteiger partial charge on any atom is -0.740 e. The highest BCUT2D eigenvalue weighted by Crippen LogP contribution is 1.93. The molecule has 0 saturated carbocycles. The van der Waals surface area contributed by atoms with E-state index in [9.17, 15) is 0 Å². The van der Waals surface area contributed by atoms with Crippen LogP contribution >= 0.6 is 0 Å². The van der Waals surface area contributed by atoms with E-state index in [0.717, 1.165) is 13.0 Å². The Morgan fingerprint density at radius 2 is 2.14 bits per heavy atom. The molecule has 0 aromatic carbocycles. The van der Waals surface area contributed by atoms with E-state index in [4.69, 9.17) is 12.6 Å². The van der Waals surface area contributed by atoms with Gasteiger partial charge in [-0.05, 0) is 13.8 Å². The summed E-state index contributed by atoms with van der Waals surface area (Å²) in [6.07, 6.45) is 2.85. The van der Waals surface area contributed by atoms with E-state index < -0.39 is 0 Å². The fraction of sp³-hybridized carbons (Fsp3) is 0.778. The van der Waals surface area contributed by atoms with Gasteiger partial charge in [0.15, 0.2) is 0 Å². The molecule has 1 aromatic heterocycles. The quantitative estimate of drug-likeness (QED) is 0.648. The Hall–Kier alpha value is -0.680. The first-order valence-corrected chi connectivity index (χ1v) is 5.57. The first-order chi connectivity index (χ1) is 6.77. The molecule has 1 aromatic rings. The molecule has 1 heterocycles. The van der Waals surface area contributed by atoms with Gasteiger partial charge in [0, 0.05) is 18.1 Å². The number of nitrogens with one attached hydrogen (secondary N) is 1. The molecular weight excluding hydrogens is 196 g/mol. The minimum atomic E-state index is 0.597. The summed E-state index contributed by atoms with van der Waals surface area (Å²) in [5.41, 5.74) is 0. The standard InChI is InChI=1S/C9H18N4S/c1-3-12(4-2)6-5-7-13-8-10-11-9(13)14/h8H,3-7H2,1-2H3,(H,11,14). The summed E-state index contributed by atoms with van der Waals surface area (Å²) in [5.74, 6) is 0. The summed E-state index contributed by atoms with van der Waals surface area (Å²) in [4.78, 5) is 1.63. The maximum atomic E-state index is 5.00. The van der Waals surface area contributed by atoms with E-state index in [1.165, 1.54) is 19.6 Å². The molecule has 1 N–H and O–H groups in total. The summed E-state index contributed by atoms with van der Waals surface area (Å²) >= 11 is 5.00. The van der Waals surface area contributed by atoms with Gasteiger partial charge in [0.25, 0.3) is 0 Å². The van der Waals surface area contributed by atoms with Gasteiger partial charge >= 0.3 is 0 Å². The zero-order chi connectivity index (χ0) is 10.4. The lowest BCUT2D eigenvalue weighted by Gasteiger charge is -2.16. The molecule has 80 valence electrons. The van der Waals surface area contributed by atoms with Crippen molar-refractivity contribution in [2.75, 3.05) is 19.6 Å². The highest BCUT2D eigenvalue weighted by Gasteiger charge is 2.01. The number of hydrogen-bond donors (Lipinski definition) is 1. The molecule has 0 amide bonds. The van der Waals surface area contributed by atoms with E-state index in [0.29, 0.717) is 5.16 Å². The van der Waals surface area contributed by atoms with E-state index in [1.54, 1.807) is 11.2 Å². The average molecular weight is 214 g/mol. The smallest absolute Gasteiger partial charge is 0.118 e. The summed E-state index contributed by atoms with van der Waals surface area (Å²) in [6.45, 7) is 8.96. The third-order valence-corrected chi connectivity index (χ3v) is 2.83. The number of nitrogens with zero attached hydrogens (tertiary/aromatic N) is 3. The van der Waals surface area contributed by atoms with Gasteiger partial charge in [0.1, 0.15) is 6.33 Å². The molecular formula is C9H18N4S. The van der Waals surface area contributed by atoms with Crippen LogP contribution in [0.25, 0.3) is 0 Å². The molecule has 4 nitrogen and oxygen atoms in total. The molecule has 0 saturated heterocycles. The fourth-order valence-electron chi connectivity index (χ4n) is 1.50. The topological polar surface area (TPSA) is 35.2 Å². The summed E-state index contributed by atoms with van der Waals surface area (Å²) in [6, 6.07) is 0. The van der Waals surface area contributed by atoms with Crippen molar-refractivity contribution >= 4 is 12.6 Å². The van der Waals surface area contributed by atoms with Crippen LogP contribution in [0.3, 0.4) is 0 Å². The van der Waals surface area contributed by atoms with Gasteiger partial charge in [-0.2, -0.15) is 5.10 Å². The second-order valence-electron chi connectivity index (χ2n) is 3.37. The minimum absolute atomic E-state index is 0.597. The van der Waals surface area contributed by atoms with Crippen LogP contribution in [0.2, 0.25) is 0 Å². The molecule has 14 heavy (non-hydrogen) atoms. The van der Waals surface area contributed by atoms with Crippen LogP contribution in [0, 0.1) is 0 Å². The molecule has 0 aliphatic carbocycles. The van der Waals surface area contributed by atoms with Crippen molar-refractivity contribution in [1.82, 2.24) is 14.8 Å². The van der Waals surface area contributed by atoms with E-state index in [1.807, 2.05) is 4.57 Å². The number of rotatable bonds is 6. The van der Waals surface area contributed by atoms with Gasteiger partial charge in [0.2, 0.25) is 0 Å². The Balaban J connectivity index is 2.24. The van der Waals surface area contributed by atoms with Gasteiger partial charge < -0.3 is 22.1 Å². The largest absolute Gasteiger partial charge is 0.740 e. The van der Waals surface area contributed by atoms with Crippen molar-refractivity contribution in [3.8, 4) is 0 Å². The maximum absolute atomic E-state index is 5.00. The molecule has 0 bridgehead atoms. The zero-order valence-electron chi connectivity index (χ0n) is 8.86. The Labute approximate surface area is 90.7 Å². The second-order valence-corrected chi connectivity index (χ2v) is 3.73. The van der Waals surface area contributed by atoms with Gasteiger partial charge in [-0.3, -0.25) is 0 Å². The number of quaternary nitrogens is 1. The van der Waals surface area contributed by atoms with Gasteiger partial charge in [-0.1, -0.05) is 0 Å². The van der Waals surface area contributed by atoms with Crippen LogP contribution in [-0.4, -0.2) is 34.4 Å². The molecule has 1 rings (SSSR count). The zero-order valence-corrected chi connectivity index (χ0v) is 9.68. The third kappa shape index (κ3) is 3.23. The lowest BCUT2D eigenvalue weighted by Crippen LogP contribution is -3.11. The van der Waals surface area contributed by atoms with Crippen LogP contribution in [0.5, 0.6) is 0 Å². The van der Waals surface area contributed by atoms with Crippen molar-refractivity contribution in [1.29, 1.82) is 0 Å². The Bertz CT molecular complexity index is 257. The van der Waals surface area contributed by atoms with Gasteiger partial charge in [0.05, 0.1) is 19.6 Å². The number of aromatic nitrogens is 3. The lowest BCUT2D eigenvalue weighted by atomic mass is 10.3. The molecule has 0 spiro atoms. The maximum Gasteiger partial charge on any atom is 0.118 e. The van der Waals surface area contributed by atoms with Crippen molar-refractivity contribution in [3.05, 3.63) is 6.33 Å². The molecule has 5 heteroatoms. The normalized spacial score (nSPS) is 11.1. The van der Waals surface area contributed by atoms with Crippen molar-refractivity contribution < 1.29 is 4.90 Å². The second kappa shape index (κ2) is 5.93. The van der Waals surface area contributed by atoms with Crippen LogP contribution < -0.4 is 4.90 Å².